The molecule has 1 N–H and O–H groups in total. The number of thiazole rings is 1. The zero-order chi connectivity index (χ0) is 15.0. The van der Waals surface area contributed by atoms with E-state index < -0.39 is 0 Å². The van der Waals surface area contributed by atoms with Gasteiger partial charge in [-0.05, 0) is 19.3 Å². The van der Waals surface area contributed by atoms with E-state index in [1.165, 1.54) is 12.8 Å². The van der Waals surface area contributed by atoms with Gasteiger partial charge in [-0.3, -0.25) is 4.79 Å². The lowest BCUT2D eigenvalue weighted by Crippen LogP contribution is -2.39. The number of likely N-dealkylation sites (tertiary alicyclic amines) is 1. The number of carbonyl (C=O) groups excluding carboxylic acids is 1. The largest absolute Gasteiger partial charge is 0.341 e. The Bertz CT molecular complexity index is 520. The van der Waals surface area contributed by atoms with Gasteiger partial charge in [0.25, 0.3) is 0 Å². The van der Waals surface area contributed by atoms with Crippen molar-refractivity contribution >= 4 is 17.2 Å². The van der Waals surface area contributed by atoms with Gasteiger partial charge in [0.1, 0.15) is 0 Å². The normalized spacial score (nSPS) is 26.0. The Balaban J connectivity index is 1.62. The van der Waals surface area contributed by atoms with Crippen LogP contribution in [0.4, 0.5) is 0 Å². The van der Waals surface area contributed by atoms with Crippen molar-refractivity contribution in [3.8, 4) is 0 Å². The molecule has 2 aliphatic rings. The molecule has 2 unspecified atom stereocenters. The van der Waals surface area contributed by atoms with E-state index in [9.17, 15) is 4.79 Å². The number of fused-ring (bicyclic) bond motifs is 2. The van der Waals surface area contributed by atoms with Gasteiger partial charge in [-0.15, -0.1) is 11.3 Å². The molecule has 0 spiro atoms. The first kappa shape index (κ1) is 15.0. The number of amides is 1. The predicted molar refractivity (Wildman–Crippen MR) is 85.7 cm³/mol. The van der Waals surface area contributed by atoms with E-state index in [0.717, 1.165) is 30.2 Å². The summed E-state index contributed by atoms with van der Waals surface area (Å²) >= 11 is 1.67. The SMILES string of the molecule is CC(C)(C)c1nc(CC(=O)N2CCC3CCC(C2)N3)cs1. The molecule has 1 amide bonds. The third kappa shape index (κ3) is 3.46. The Morgan fingerprint density at radius 1 is 1.38 bits per heavy atom. The van der Waals surface area contributed by atoms with Crippen molar-refractivity contribution in [2.24, 2.45) is 0 Å². The van der Waals surface area contributed by atoms with Crippen LogP contribution in [0.3, 0.4) is 0 Å². The topological polar surface area (TPSA) is 45.2 Å². The van der Waals surface area contributed by atoms with Crippen LogP contribution in [0.5, 0.6) is 0 Å². The van der Waals surface area contributed by atoms with Crippen molar-refractivity contribution in [2.45, 2.75) is 64.0 Å². The summed E-state index contributed by atoms with van der Waals surface area (Å²) in [5.41, 5.74) is 0.995. The molecule has 1 aromatic heterocycles. The van der Waals surface area contributed by atoms with Gasteiger partial charge in [-0.1, -0.05) is 20.8 Å². The minimum absolute atomic E-state index is 0.0671. The number of nitrogens with one attached hydrogen (secondary N) is 1. The van der Waals surface area contributed by atoms with Crippen LogP contribution < -0.4 is 5.32 Å². The summed E-state index contributed by atoms with van der Waals surface area (Å²) < 4.78 is 0. The molecule has 3 rings (SSSR count). The summed E-state index contributed by atoms with van der Waals surface area (Å²) in [4.78, 5) is 19.2. The molecule has 21 heavy (non-hydrogen) atoms. The summed E-state index contributed by atoms with van der Waals surface area (Å²) in [7, 11) is 0. The Morgan fingerprint density at radius 3 is 2.86 bits per heavy atom. The third-order valence-corrected chi connectivity index (χ3v) is 5.72. The highest BCUT2D eigenvalue weighted by Gasteiger charge is 2.31. The molecule has 0 aliphatic carbocycles. The molecule has 4 nitrogen and oxygen atoms in total. The Morgan fingerprint density at radius 2 is 2.14 bits per heavy atom. The molecule has 0 radical (unpaired) electrons. The average molecular weight is 307 g/mol. The lowest BCUT2D eigenvalue weighted by atomic mass is 9.98. The van der Waals surface area contributed by atoms with E-state index in [0.29, 0.717) is 18.5 Å². The van der Waals surface area contributed by atoms with Gasteiger partial charge in [-0.2, -0.15) is 0 Å². The van der Waals surface area contributed by atoms with Crippen LogP contribution in [0.1, 0.15) is 50.7 Å². The number of nitrogens with zero attached hydrogens (tertiary/aromatic N) is 2. The summed E-state index contributed by atoms with van der Waals surface area (Å²) in [6, 6.07) is 1.13. The van der Waals surface area contributed by atoms with Gasteiger partial charge in [0.05, 0.1) is 17.1 Å². The molecular weight excluding hydrogens is 282 g/mol. The fourth-order valence-corrected chi connectivity index (χ4v) is 4.08. The van der Waals surface area contributed by atoms with Crippen LogP contribution in [-0.2, 0) is 16.6 Å². The minimum atomic E-state index is 0.0671. The summed E-state index contributed by atoms with van der Waals surface area (Å²) in [5, 5.41) is 6.77. The second-order valence-corrected chi connectivity index (χ2v) is 8.20. The van der Waals surface area contributed by atoms with E-state index in [2.05, 4.69) is 31.1 Å². The average Bonchev–Trinajstić information content (AvgIpc) is 2.95. The molecule has 116 valence electrons. The van der Waals surface area contributed by atoms with Crippen molar-refractivity contribution in [2.75, 3.05) is 13.1 Å². The van der Waals surface area contributed by atoms with Crippen LogP contribution in [-0.4, -0.2) is 41.0 Å². The van der Waals surface area contributed by atoms with Crippen LogP contribution in [0.25, 0.3) is 0 Å². The van der Waals surface area contributed by atoms with Gasteiger partial charge in [0.2, 0.25) is 5.91 Å². The Kier molecular flexibility index (Phi) is 4.06. The first-order chi connectivity index (χ1) is 9.91. The lowest BCUT2D eigenvalue weighted by Gasteiger charge is -2.24. The van der Waals surface area contributed by atoms with E-state index in [-0.39, 0.29) is 11.3 Å². The van der Waals surface area contributed by atoms with E-state index >= 15 is 0 Å². The number of hydrogen-bond donors (Lipinski definition) is 1. The van der Waals surface area contributed by atoms with Crippen LogP contribution in [0.15, 0.2) is 5.38 Å². The van der Waals surface area contributed by atoms with Crippen molar-refractivity contribution in [1.82, 2.24) is 15.2 Å². The molecule has 0 aromatic carbocycles. The molecule has 0 saturated carbocycles. The van der Waals surface area contributed by atoms with Crippen molar-refractivity contribution in [3.63, 3.8) is 0 Å². The first-order valence-electron chi connectivity index (χ1n) is 7.90. The Hall–Kier alpha value is -0.940. The number of rotatable bonds is 2. The van der Waals surface area contributed by atoms with Gasteiger partial charge >= 0.3 is 0 Å². The molecule has 2 bridgehead atoms. The number of hydrogen-bond acceptors (Lipinski definition) is 4. The van der Waals surface area contributed by atoms with Crippen molar-refractivity contribution in [1.29, 1.82) is 0 Å². The van der Waals surface area contributed by atoms with Gasteiger partial charge in [0.15, 0.2) is 0 Å². The van der Waals surface area contributed by atoms with Crippen LogP contribution in [0.2, 0.25) is 0 Å². The molecular formula is C16H25N3OS. The summed E-state index contributed by atoms with van der Waals surface area (Å²) in [6.45, 7) is 8.24. The fraction of sp³-hybridized carbons (Fsp3) is 0.750. The highest BCUT2D eigenvalue weighted by molar-refractivity contribution is 7.09. The lowest BCUT2D eigenvalue weighted by molar-refractivity contribution is -0.130. The van der Waals surface area contributed by atoms with E-state index in [1.807, 2.05) is 10.3 Å². The zero-order valence-electron chi connectivity index (χ0n) is 13.2. The van der Waals surface area contributed by atoms with Gasteiger partial charge in [0, 0.05) is 36.0 Å². The maximum Gasteiger partial charge on any atom is 0.228 e. The minimum Gasteiger partial charge on any atom is -0.341 e. The molecule has 2 fully saturated rings. The quantitative estimate of drug-likeness (QED) is 0.912. The number of aromatic nitrogens is 1. The molecule has 2 aliphatic heterocycles. The van der Waals surface area contributed by atoms with E-state index in [4.69, 9.17) is 0 Å². The first-order valence-corrected chi connectivity index (χ1v) is 8.78. The molecule has 3 heterocycles. The monoisotopic (exact) mass is 307 g/mol. The maximum absolute atomic E-state index is 12.5. The highest BCUT2D eigenvalue weighted by Crippen LogP contribution is 2.26. The summed E-state index contributed by atoms with van der Waals surface area (Å²) in [5.74, 6) is 0.232. The third-order valence-electron chi connectivity index (χ3n) is 4.40. The standard InChI is InChI=1S/C16H25N3OS/c1-16(2,3)15-18-13(10-21-15)8-14(20)19-7-6-11-4-5-12(9-19)17-11/h10-12,17H,4-9H2,1-3H3. The predicted octanol–water partition coefficient (Wildman–Crippen LogP) is 2.34. The van der Waals surface area contributed by atoms with Crippen molar-refractivity contribution in [3.05, 3.63) is 16.1 Å². The fourth-order valence-electron chi connectivity index (χ4n) is 3.17. The molecule has 5 heteroatoms. The Labute approximate surface area is 130 Å². The highest BCUT2D eigenvalue weighted by atomic mass is 32.1. The summed E-state index contributed by atoms with van der Waals surface area (Å²) in [6.07, 6.45) is 4.02. The molecule has 1 aromatic rings. The number of carbonyl (C=O) groups is 1. The second kappa shape index (κ2) is 5.69. The van der Waals surface area contributed by atoms with Gasteiger partial charge < -0.3 is 10.2 Å². The van der Waals surface area contributed by atoms with Gasteiger partial charge in [-0.25, -0.2) is 4.98 Å². The zero-order valence-corrected chi connectivity index (χ0v) is 14.0. The molecule has 2 atom stereocenters. The van der Waals surface area contributed by atoms with Crippen LogP contribution >= 0.6 is 11.3 Å². The van der Waals surface area contributed by atoms with Crippen LogP contribution in [0, 0.1) is 0 Å². The smallest absolute Gasteiger partial charge is 0.228 e. The van der Waals surface area contributed by atoms with Crippen molar-refractivity contribution < 1.29 is 4.79 Å². The second-order valence-electron chi connectivity index (χ2n) is 7.34. The van der Waals surface area contributed by atoms with E-state index in [1.54, 1.807) is 11.3 Å². The maximum atomic E-state index is 12.5. The molecule has 2 saturated heterocycles.